The topological polar surface area (TPSA) is 75.9 Å². The third-order valence-corrected chi connectivity index (χ3v) is 4.13. The molecule has 0 amide bonds. The van der Waals surface area contributed by atoms with Gasteiger partial charge in [0.1, 0.15) is 0 Å². The molecule has 1 heterocycles. The number of nitrogens with one attached hydrogen (secondary N) is 1. The van der Waals surface area contributed by atoms with Crippen LogP contribution in [0.5, 0.6) is 5.88 Å². The van der Waals surface area contributed by atoms with Crippen LogP contribution in [-0.2, 0) is 11.8 Å². The van der Waals surface area contributed by atoms with Crippen LogP contribution in [0, 0.1) is 0 Å². The number of esters is 1. The van der Waals surface area contributed by atoms with Gasteiger partial charge in [-0.3, -0.25) is 4.99 Å². The van der Waals surface area contributed by atoms with Gasteiger partial charge in [0.05, 0.1) is 29.4 Å². The molecule has 6 nitrogen and oxygen atoms in total. The molecular formula is C19H19N3O3. The molecule has 0 aliphatic rings. The maximum atomic E-state index is 11.7. The monoisotopic (exact) mass is 337 g/mol. The van der Waals surface area contributed by atoms with Crippen molar-refractivity contribution in [1.29, 1.82) is 0 Å². The number of aromatic hydroxyl groups is 1. The highest BCUT2D eigenvalue weighted by Gasteiger charge is 2.15. The number of carbonyl (C=O) groups excluding carboxylic acids is 1. The number of carbonyl (C=O) groups is 1. The van der Waals surface area contributed by atoms with Crippen LogP contribution in [0.2, 0.25) is 0 Å². The van der Waals surface area contributed by atoms with E-state index in [0.717, 1.165) is 22.3 Å². The second-order valence-electron chi connectivity index (χ2n) is 5.57. The van der Waals surface area contributed by atoms with E-state index in [9.17, 15) is 9.90 Å². The van der Waals surface area contributed by atoms with Crippen LogP contribution in [0.1, 0.15) is 15.9 Å². The quantitative estimate of drug-likeness (QED) is 0.565. The van der Waals surface area contributed by atoms with Crippen LogP contribution in [0.15, 0.2) is 47.5 Å². The van der Waals surface area contributed by atoms with Crippen molar-refractivity contribution in [3.63, 3.8) is 0 Å². The number of hydrogen-bond acceptors (Lipinski definition) is 5. The number of fused-ring (bicyclic) bond motifs is 1. The summed E-state index contributed by atoms with van der Waals surface area (Å²) in [6.07, 6.45) is 1.63. The number of aromatic nitrogens is 1. The largest absolute Gasteiger partial charge is 0.494 e. The number of benzene rings is 2. The Hall–Kier alpha value is -3.28. The maximum Gasteiger partial charge on any atom is 0.337 e. The number of aliphatic imine (C=N–C) groups is 1. The molecule has 0 unspecified atom stereocenters. The summed E-state index contributed by atoms with van der Waals surface area (Å²) in [5.41, 5.74) is 3.55. The lowest BCUT2D eigenvalue weighted by atomic mass is 10.1. The third kappa shape index (κ3) is 3.06. The van der Waals surface area contributed by atoms with E-state index < -0.39 is 5.97 Å². The Bertz CT molecular complexity index is 956. The van der Waals surface area contributed by atoms with Gasteiger partial charge in [0.25, 0.3) is 0 Å². The van der Waals surface area contributed by atoms with E-state index in [0.29, 0.717) is 11.1 Å². The van der Waals surface area contributed by atoms with Gasteiger partial charge in [-0.05, 0) is 36.4 Å². The summed E-state index contributed by atoms with van der Waals surface area (Å²) in [6.45, 7) is 0. The molecule has 0 spiro atoms. The van der Waals surface area contributed by atoms with Crippen molar-refractivity contribution in [2.75, 3.05) is 19.5 Å². The van der Waals surface area contributed by atoms with Crippen molar-refractivity contribution in [2.24, 2.45) is 12.0 Å². The van der Waals surface area contributed by atoms with Gasteiger partial charge in [-0.2, -0.15) is 0 Å². The van der Waals surface area contributed by atoms with Crippen LogP contribution < -0.4 is 5.32 Å². The molecule has 0 saturated carbocycles. The van der Waals surface area contributed by atoms with Gasteiger partial charge >= 0.3 is 5.97 Å². The average molecular weight is 337 g/mol. The maximum absolute atomic E-state index is 11.7. The van der Waals surface area contributed by atoms with Crippen molar-refractivity contribution in [1.82, 2.24) is 4.57 Å². The molecule has 6 heteroatoms. The van der Waals surface area contributed by atoms with E-state index in [1.54, 1.807) is 36.0 Å². The molecule has 128 valence electrons. The summed E-state index contributed by atoms with van der Waals surface area (Å²) in [5.74, 6) is -0.324. The SMILES string of the molecule is CNc1ccc(N=Cc2c(O)n(C)c3cc(C(=O)OC)ccc23)cc1. The summed E-state index contributed by atoms with van der Waals surface area (Å²) in [6, 6.07) is 12.8. The highest BCUT2D eigenvalue weighted by Crippen LogP contribution is 2.30. The Morgan fingerprint density at radius 2 is 1.96 bits per heavy atom. The molecule has 0 atom stereocenters. The average Bonchev–Trinajstić information content (AvgIpc) is 2.90. The molecule has 0 fully saturated rings. The van der Waals surface area contributed by atoms with E-state index in [1.165, 1.54) is 7.11 Å². The molecule has 2 N–H and O–H groups in total. The minimum Gasteiger partial charge on any atom is -0.494 e. The molecule has 0 bridgehead atoms. The zero-order chi connectivity index (χ0) is 18.0. The summed E-state index contributed by atoms with van der Waals surface area (Å²) in [7, 11) is 4.93. The minimum atomic E-state index is -0.414. The predicted octanol–water partition coefficient (Wildman–Crippen LogP) is 3.46. The fraction of sp³-hybridized carbons (Fsp3) is 0.158. The van der Waals surface area contributed by atoms with Gasteiger partial charge in [0.15, 0.2) is 0 Å². The lowest BCUT2D eigenvalue weighted by Crippen LogP contribution is -2.01. The molecule has 0 saturated heterocycles. The van der Waals surface area contributed by atoms with Crippen LogP contribution in [-0.4, -0.2) is 36.0 Å². The molecule has 0 aliphatic carbocycles. The molecule has 3 aromatic rings. The lowest BCUT2D eigenvalue weighted by molar-refractivity contribution is 0.0601. The number of nitrogens with zero attached hydrogens (tertiary/aromatic N) is 2. The summed E-state index contributed by atoms with van der Waals surface area (Å²) >= 11 is 0. The first-order chi connectivity index (χ1) is 12.0. The molecule has 25 heavy (non-hydrogen) atoms. The Labute approximate surface area is 145 Å². The first kappa shape index (κ1) is 16.6. The molecular weight excluding hydrogens is 318 g/mol. The van der Waals surface area contributed by atoms with Gasteiger partial charge in [-0.1, -0.05) is 6.07 Å². The first-order valence-corrected chi connectivity index (χ1v) is 7.76. The number of aryl methyl sites for hydroxylation is 1. The van der Waals surface area contributed by atoms with Crippen molar-refractivity contribution in [2.45, 2.75) is 0 Å². The highest BCUT2D eigenvalue weighted by molar-refractivity contribution is 6.05. The van der Waals surface area contributed by atoms with Gasteiger partial charge in [-0.25, -0.2) is 4.79 Å². The minimum absolute atomic E-state index is 0.0904. The molecule has 3 rings (SSSR count). The number of hydrogen-bond donors (Lipinski definition) is 2. The summed E-state index contributed by atoms with van der Waals surface area (Å²) in [4.78, 5) is 16.1. The van der Waals surface area contributed by atoms with Gasteiger partial charge in [0.2, 0.25) is 5.88 Å². The van der Waals surface area contributed by atoms with E-state index in [4.69, 9.17) is 4.74 Å². The van der Waals surface area contributed by atoms with Crippen LogP contribution in [0.4, 0.5) is 11.4 Å². The van der Waals surface area contributed by atoms with Crippen molar-refractivity contribution in [3.05, 3.63) is 53.6 Å². The van der Waals surface area contributed by atoms with Crippen LogP contribution in [0.25, 0.3) is 10.9 Å². The number of ether oxygens (including phenoxy) is 1. The zero-order valence-corrected chi connectivity index (χ0v) is 14.3. The normalized spacial score (nSPS) is 11.2. The Kier molecular flexibility index (Phi) is 4.43. The summed E-state index contributed by atoms with van der Waals surface area (Å²) < 4.78 is 6.36. The molecule has 2 aromatic carbocycles. The van der Waals surface area contributed by atoms with E-state index in [1.807, 2.05) is 31.3 Å². The molecule has 1 aromatic heterocycles. The van der Waals surface area contributed by atoms with E-state index in [2.05, 4.69) is 10.3 Å². The first-order valence-electron chi connectivity index (χ1n) is 7.76. The number of methoxy groups -OCH3 is 1. The second-order valence-corrected chi connectivity index (χ2v) is 5.57. The molecule has 0 aliphatic heterocycles. The fourth-order valence-corrected chi connectivity index (χ4v) is 2.68. The fourth-order valence-electron chi connectivity index (χ4n) is 2.68. The Morgan fingerprint density at radius 3 is 2.60 bits per heavy atom. The Morgan fingerprint density at radius 1 is 1.24 bits per heavy atom. The van der Waals surface area contributed by atoms with Crippen molar-refractivity contribution < 1.29 is 14.6 Å². The zero-order valence-electron chi connectivity index (χ0n) is 14.3. The standard InChI is InChI=1S/C19H19N3O3/c1-20-13-5-7-14(8-6-13)21-11-16-15-9-4-12(19(24)25-3)10-17(15)22(2)18(16)23/h4-11,20,23H,1-3H3. The van der Waals surface area contributed by atoms with E-state index >= 15 is 0 Å². The Balaban J connectivity index is 2.02. The molecule has 0 radical (unpaired) electrons. The van der Waals surface area contributed by atoms with Crippen LogP contribution in [0.3, 0.4) is 0 Å². The summed E-state index contributed by atoms with van der Waals surface area (Å²) in [5, 5.41) is 14.3. The predicted molar refractivity (Wildman–Crippen MR) is 99.2 cm³/mol. The highest BCUT2D eigenvalue weighted by atomic mass is 16.5. The smallest absolute Gasteiger partial charge is 0.337 e. The van der Waals surface area contributed by atoms with Gasteiger partial charge in [0, 0.05) is 31.4 Å². The number of rotatable bonds is 4. The lowest BCUT2D eigenvalue weighted by Gasteiger charge is -2.01. The van der Waals surface area contributed by atoms with Crippen LogP contribution >= 0.6 is 0 Å². The van der Waals surface area contributed by atoms with E-state index in [-0.39, 0.29) is 5.88 Å². The van der Waals surface area contributed by atoms with Gasteiger partial charge < -0.3 is 19.7 Å². The van der Waals surface area contributed by atoms with Crippen molar-refractivity contribution in [3.8, 4) is 5.88 Å². The number of anilines is 1. The van der Waals surface area contributed by atoms with Crippen molar-refractivity contribution >= 4 is 34.5 Å². The van der Waals surface area contributed by atoms with Gasteiger partial charge in [-0.15, -0.1) is 0 Å². The third-order valence-electron chi connectivity index (χ3n) is 4.13. The second kappa shape index (κ2) is 6.68.